The second-order valence-corrected chi connectivity index (χ2v) is 3.23. The molecule has 4 nitrogen and oxygen atoms in total. The molecule has 0 saturated carbocycles. The summed E-state index contributed by atoms with van der Waals surface area (Å²) >= 11 is 5.96. The molecule has 64 valence electrons. The van der Waals surface area contributed by atoms with Gasteiger partial charge in [-0.1, -0.05) is 11.6 Å². The summed E-state index contributed by atoms with van der Waals surface area (Å²) in [6, 6.07) is 0. The van der Waals surface area contributed by atoms with Gasteiger partial charge < -0.3 is 10.6 Å². The Hall–Kier alpha value is -0.320. The lowest BCUT2D eigenvalue weighted by Gasteiger charge is -2.33. The molecule has 1 heterocycles. The van der Waals surface area contributed by atoms with Crippen LogP contribution in [0.4, 0.5) is 0 Å². The Bertz CT molecular complexity index is 156. The van der Waals surface area contributed by atoms with E-state index in [2.05, 4.69) is 16.0 Å². The lowest BCUT2D eigenvalue weighted by atomic mass is 10.3. The molecule has 0 bridgehead atoms. The first-order valence-electron chi connectivity index (χ1n) is 3.56. The number of carbonyl (C=O) groups excluding carboxylic acids is 1. The van der Waals surface area contributed by atoms with Crippen molar-refractivity contribution in [3.05, 3.63) is 0 Å². The minimum Gasteiger partial charge on any atom is -0.324 e. The van der Waals surface area contributed by atoms with Crippen LogP contribution in [-0.2, 0) is 4.79 Å². The molecule has 1 saturated heterocycles. The Balaban J connectivity index is 2.43. The Labute approximate surface area is 70.7 Å². The quantitative estimate of drug-likeness (QED) is 0.364. The molecule has 1 aliphatic heterocycles. The van der Waals surface area contributed by atoms with E-state index in [4.69, 9.17) is 11.6 Å². The molecular formula is C6H12ClN3O. The van der Waals surface area contributed by atoms with E-state index in [1.807, 2.05) is 0 Å². The van der Waals surface area contributed by atoms with Gasteiger partial charge >= 0.3 is 0 Å². The van der Waals surface area contributed by atoms with E-state index in [0.717, 1.165) is 13.1 Å². The van der Waals surface area contributed by atoms with Crippen LogP contribution in [0, 0.1) is 0 Å². The van der Waals surface area contributed by atoms with Crippen LogP contribution in [0.2, 0.25) is 0 Å². The average Bonchev–Trinajstić information content (AvgIpc) is 1.85. The van der Waals surface area contributed by atoms with Gasteiger partial charge in [0.05, 0.1) is 0 Å². The number of nitrogens with one attached hydrogen (secondary N) is 3. The van der Waals surface area contributed by atoms with Gasteiger partial charge in [0.25, 0.3) is 0 Å². The summed E-state index contributed by atoms with van der Waals surface area (Å²) in [5, 5.41) is 7.89. The summed E-state index contributed by atoms with van der Waals surface area (Å²) in [6.45, 7) is 3.65. The van der Waals surface area contributed by atoms with E-state index in [1.54, 1.807) is 0 Å². The molecule has 0 aromatic carbocycles. The van der Waals surface area contributed by atoms with Crippen LogP contribution in [0.15, 0.2) is 0 Å². The molecule has 5 heteroatoms. The van der Waals surface area contributed by atoms with Crippen molar-refractivity contribution in [2.24, 2.45) is 0 Å². The third-order valence-electron chi connectivity index (χ3n) is 1.45. The maximum Gasteiger partial charge on any atom is 0.219 e. The van der Waals surface area contributed by atoms with E-state index in [1.165, 1.54) is 6.92 Å². The van der Waals surface area contributed by atoms with Crippen molar-refractivity contribution in [1.82, 2.24) is 16.0 Å². The van der Waals surface area contributed by atoms with E-state index in [-0.39, 0.29) is 5.91 Å². The first-order chi connectivity index (χ1) is 5.12. The maximum atomic E-state index is 10.7. The molecule has 1 atom stereocenters. The van der Waals surface area contributed by atoms with Crippen LogP contribution in [0.25, 0.3) is 0 Å². The van der Waals surface area contributed by atoms with Crippen molar-refractivity contribution >= 4 is 17.5 Å². The second-order valence-electron chi connectivity index (χ2n) is 2.59. The van der Waals surface area contributed by atoms with Gasteiger partial charge in [0.1, 0.15) is 0 Å². The number of piperazine rings is 1. The number of rotatable bonds is 1. The lowest BCUT2D eigenvalue weighted by Crippen LogP contribution is -2.64. The molecule has 0 radical (unpaired) electrons. The Morgan fingerprint density at radius 3 is 2.82 bits per heavy atom. The van der Waals surface area contributed by atoms with Gasteiger partial charge in [0.2, 0.25) is 5.91 Å². The van der Waals surface area contributed by atoms with Crippen molar-refractivity contribution in [3.8, 4) is 0 Å². The van der Waals surface area contributed by atoms with Gasteiger partial charge in [0.15, 0.2) is 5.12 Å². The van der Waals surface area contributed by atoms with Crippen LogP contribution >= 0.6 is 11.6 Å². The van der Waals surface area contributed by atoms with E-state index in [9.17, 15) is 4.79 Å². The highest BCUT2D eigenvalue weighted by Gasteiger charge is 2.29. The molecule has 11 heavy (non-hydrogen) atoms. The van der Waals surface area contributed by atoms with Crippen molar-refractivity contribution in [2.75, 3.05) is 19.6 Å². The van der Waals surface area contributed by atoms with Crippen molar-refractivity contribution < 1.29 is 4.79 Å². The van der Waals surface area contributed by atoms with Gasteiger partial charge in [0, 0.05) is 26.6 Å². The van der Waals surface area contributed by atoms with Crippen LogP contribution < -0.4 is 16.0 Å². The van der Waals surface area contributed by atoms with Gasteiger partial charge in [-0.05, 0) is 0 Å². The zero-order valence-corrected chi connectivity index (χ0v) is 7.16. The predicted molar refractivity (Wildman–Crippen MR) is 43.3 cm³/mol. The number of carbonyl (C=O) groups is 1. The van der Waals surface area contributed by atoms with Gasteiger partial charge in [-0.3, -0.25) is 10.1 Å². The normalized spacial score (nSPS) is 31.5. The Morgan fingerprint density at radius 1 is 1.64 bits per heavy atom. The molecule has 1 rings (SSSR count). The molecule has 3 N–H and O–H groups in total. The van der Waals surface area contributed by atoms with Crippen molar-refractivity contribution in [1.29, 1.82) is 0 Å². The molecule has 1 fully saturated rings. The van der Waals surface area contributed by atoms with E-state index < -0.39 is 5.12 Å². The summed E-state index contributed by atoms with van der Waals surface area (Å²) < 4.78 is 0. The summed E-state index contributed by atoms with van der Waals surface area (Å²) in [7, 11) is 0. The molecule has 1 amide bonds. The molecule has 0 spiro atoms. The maximum absolute atomic E-state index is 10.7. The van der Waals surface area contributed by atoms with Crippen LogP contribution in [-0.4, -0.2) is 30.7 Å². The number of hydrogen-bond donors (Lipinski definition) is 3. The SMILES string of the molecule is CC(=O)NC1(Cl)CNCCN1. The summed E-state index contributed by atoms with van der Waals surface area (Å²) in [6.07, 6.45) is 0. The zero-order chi connectivity index (χ0) is 8.32. The molecule has 0 aliphatic carbocycles. The first kappa shape index (κ1) is 8.77. The molecule has 1 aliphatic rings. The molecular weight excluding hydrogens is 166 g/mol. The molecule has 1 unspecified atom stereocenters. The fraction of sp³-hybridized carbons (Fsp3) is 0.833. The molecule has 0 aromatic heterocycles. The van der Waals surface area contributed by atoms with E-state index in [0.29, 0.717) is 6.54 Å². The Morgan fingerprint density at radius 2 is 2.36 bits per heavy atom. The van der Waals surface area contributed by atoms with Crippen molar-refractivity contribution in [3.63, 3.8) is 0 Å². The average molecular weight is 178 g/mol. The fourth-order valence-electron chi connectivity index (χ4n) is 1.04. The topological polar surface area (TPSA) is 53.2 Å². The fourth-order valence-corrected chi connectivity index (χ4v) is 1.36. The van der Waals surface area contributed by atoms with E-state index >= 15 is 0 Å². The number of alkyl halides is 1. The van der Waals surface area contributed by atoms with Crippen LogP contribution in [0.5, 0.6) is 0 Å². The standard InChI is InChI=1S/C6H12ClN3O/c1-5(11)10-6(7)4-8-2-3-9-6/h8-9H,2-4H2,1H3,(H,10,11). The minimum atomic E-state index is -0.788. The lowest BCUT2D eigenvalue weighted by molar-refractivity contribution is -0.120. The summed E-state index contributed by atoms with van der Waals surface area (Å²) in [5.41, 5.74) is 0. The zero-order valence-electron chi connectivity index (χ0n) is 6.41. The largest absolute Gasteiger partial charge is 0.324 e. The third kappa shape index (κ3) is 2.65. The van der Waals surface area contributed by atoms with Crippen LogP contribution in [0.1, 0.15) is 6.92 Å². The predicted octanol–water partition coefficient (Wildman–Crippen LogP) is -0.792. The number of halogens is 1. The van der Waals surface area contributed by atoms with Gasteiger partial charge in [-0.25, -0.2) is 0 Å². The smallest absolute Gasteiger partial charge is 0.219 e. The monoisotopic (exact) mass is 177 g/mol. The minimum absolute atomic E-state index is 0.129. The number of amides is 1. The molecule has 0 aromatic rings. The van der Waals surface area contributed by atoms with Crippen LogP contribution in [0.3, 0.4) is 0 Å². The highest BCUT2D eigenvalue weighted by Crippen LogP contribution is 2.06. The van der Waals surface area contributed by atoms with Gasteiger partial charge in [-0.2, -0.15) is 0 Å². The Kier molecular flexibility index (Phi) is 2.70. The first-order valence-corrected chi connectivity index (χ1v) is 3.94. The highest BCUT2D eigenvalue weighted by molar-refractivity contribution is 6.24. The third-order valence-corrected chi connectivity index (χ3v) is 1.81. The summed E-state index contributed by atoms with van der Waals surface area (Å²) in [4.78, 5) is 10.7. The summed E-state index contributed by atoms with van der Waals surface area (Å²) in [5.74, 6) is -0.129. The number of hydrogen-bond acceptors (Lipinski definition) is 3. The van der Waals surface area contributed by atoms with Gasteiger partial charge in [-0.15, -0.1) is 0 Å². The second kappa shape index (κ2) is 3.38. The highest BCUT2D eigenvalue weighted by atomic mass is 35.5. The van der Waals surface area contributed by atoms with Crippen molar-refractivity contribution in [2.45, 2.75) is 12.0 Å².